The van der Waals surface area contributed by atoms with Gasteiger partial charge in [0.2, 0.25) is 0 Å². The molecular formula is C43H35Cu4F24N25OP4Se7. The zero-order valence-electron chi connectivity index (χ0n) is 51.7. The minimum atomic E-state index is -10.7. The van der Waals surface area contributed by atoms with E-state index >= 15 is 0 Å². The Balaban J connectivity index is -0.000000260. The van der Waals surface area contributed by atoms with Crippen molar-refractivity contribution in [2.45, 2.75) is 27.7 Å². The summed E-state index contributed by atoms with van der Waals surface area (Å²) < 4.78 is 294. The number of nitrogens with zero attached hydrogens (tertiary/aromatic N) is 25. The van der Waals surface area contributed by atoms with Crippen LogP contribution >= 0.6 is 31.2 Å². The second kappa shape index (κ2) is 46.2. The molecule has 14 rings (SSSR count). The van der Waals surface area contributed by atoms with Crippen molar-refractivity contribution < 1.29 is 174 Å². The van der Waals surface area contributed by atoms with Crippen LogP contribution in [0.2, 0.25) is 0 Å². The van der Waals surface area contributed by atoms with Gasteiger partial charge in [-0.25, -0.2) is 0 Å². The minimum absolute atomic E-state index is 0. The number of fused-ring (bicyclic) bond motifs is 7. The summed E-state index contributed by atoms with van der Waals surface area (Å²) >= 11 is 0.463. The summed E-state index contributed by atoms with van der Waals surface area (Å²) in [6, 6.07) is 33.6. The summed E-state index contributed by atoms with van der Waals surface area (Å²) in [5.74, 6) is 0. The zero-order valence-corrected chi connectivity index (χ0v) is 71.1. The van der Waals surface area contributed by atoms with Gasteiger partial charge < -0.3 is 5.48 Å². The van der Waals surface area contributed by atoms with Crippen molar-refractivity contribution in [3.05, 3.63) is 128 Å². The Morgan fingerprint density at radius 1 is 0.222 bits per heavy atom. The maximum atomic E-state index is 9.87. The van der Waals surface area contributed by atoms with Gasteiger partial charge in [0.15, 0.2) is 0 Å². The van der Waals surface area contributed by atoms with Gasteiger partial charge in [0, 0.05) is 27.7 Å². The second-order valence-corrected chi connectivity index (χ2v) is 31.4. The summed E-state index contributed by atoms with van der Waals surface area (Å²) in [5, 5.41) is 29.3. The van der Waals surface area contributed by atoms with Crippen molar-refractivity contribution >= 4 is 214 Å². The van der Waals surface area contributed by atoms with Crippen molar-refractivity contribution in [2.75, 3.05) is 0 Å². The molecule has 0 saturated heterocycles. The number of hydrogen-bond acceptors (Lipinski definition) is 25. The predicted octanol–water partition coefficient (Wildman–Crippen LogP) is 15.4. The molecule has 0 unspecified atom stereocenters. The standard InChI is InChI=1S/7C5H3N3Se.4C2H3N.4Cu.4F6P.H2O/c7*1-2-4-5(6-3-1)8-9-7-4;4*1-2-3;;;;;4*1-7(2,3,4,5)6;/h7*1-3H;4*1H3;;;;;;;;;1H2/q;;;;;;;;;;;4*+1;4*-1;. The van der Waals surface area contributed by atoms with Crippen molar-refractivity contribution in [1.82, 2.24) is 90.6 Å². The van der Waals surface area contributed by atoms with Crippen molar-refractivity contribution in [1.29, 1.82) is 21.0 Å². The molecule has 14 heterocycles. The van der Waals surface area contributed by atoms with Crippen LogP contribution in [0.3, 0.4) is 0 Å². The molecule has 14 aromatic heterocycles. The van der Waals surface area contributed by atoms with Crippen LogP contribution in [-0.2, 0) is 68.3 Å². The molecule has 65 heteroatoms. The Bertz CT molecular complexity index is 3960. The van der Waals surface area contributed by atoms with Gasteiger partial charge in [-0.2, -0.15) is 21.0 Å². The van der Waals surface area contributed by atoms with Crippen LogP contribution in [-0.4, -0.2) is 201 Å². The fourth-order valence-electron chi connectivity index (χ4n) is 4.43. The van der Waals surface area contributed by atoms with Crippen LogP contribution < -0.4 is 0 Å². The molecule has 26 nitrogen and oxygen atoms in total. The topological polar surface area (TPSA) is 397 Å². The van der Waals surface area contributed by atoms with E-state index in [9.17, 15) is 101 Å². The number of nitriles is 4. The van der Waals surface area contributed by atoms with Gasteiger partial charge >= 0.3 is 602 Å². The van der Waals surface area contributed by atoms with Crippen LogP contribution in [0.4, 0.5) is 101 Å². The van der Waals surface area contributed by atoms with E-state index in [4.69, 9.17) is 21.0 Å². The Hall–Kier alpha value is -5.08. The summed E-state index contributed by atoms with van der Waals surface area (Å²) in [5.41, 5.74) is 12.2. The molecule has 0 aliphatic rings. The summed E-state index contributed by atoms with van der Waals surface area (Å²) in [6.45, 7) is 5.72. The molecule has 14 aromatic rings. The Kier molecular flexibility index (Phi) is 48.7. The molecule has 108 heavy (non-hydrogen) atoms. The summed E-state index contributed by atoms with van der Waals surface area (Å²) in [7, 11) is -42.6. The van der Waals surface area contributed by atoms with Gasteiger partial charge in [-0.05, 0) is 0 Å². The quantitative estimate of drug-likeness (QED) is 0.0773. The average molecular weight is 2300 g/mol. The first kappa shape index (κ1) is 114. The Morgan fingerprint density at radius 2 is 0.306 bits per heavy atom. The van der Waals surface area contributed by atoms with E-state index in [0.29, 0.717) is 0 Å². The van der Waals surface area contributed by atoms with Gasteiger partial charge in [0.1, 0.15) is 0 Å². The number of rotatable bonds is 0. The van der Waals surface area contributed by atoms with Gasteiger partial charge in [-0.3, -0.25) is 0 Å². The zero-order chi connectivity index (χ0) is 79.2. The molecule has 0 saturated carbocycles. The van der Waals surface area contributed by atoms with E-state index in [1.165, 1.54) is 27.7 Å². The van der Waals surface area contributed by atoms with Crippen LogP contribution in [0.1, 0.15) is 27.7 Å². The molecule has 0 aromatic carbocycles. The molecule has 2 N–H and O–H groups in total. The van der Waals surface area contributed by atoms with E-state index in [-0.39, 0.29) is 178 Å². The predicted molar refractivity (Wildman–Crippen MR) is 343 cm³/mol. The molecule has 612 valence electrons. The molecule has 0 amide bonds. The van der Waals surface area contributed by atoms with E-state index in [0.717, 1.165) is 78.1 Å². The van der Waals surface area contributed by atoms with Crippen molar-refractivity contribution in [3.8, 4) is 24.3 Å². The van der Waals surface area contributed by atoms with Gasteiger partial charge in [0.05, 0.1) is 24.3 Å². The molecule has 0 aliphatic heterocycles. The first-order valence-corrected chi connectivity index (χ1v) is 43.3. The Labute approximate surface area is 674 Å². The first-order chi connectivity index (χ1) is 46.7. The number of pyridine rings is 7. The average Bonchev–Trinajstić information content (AvgIpc) is 1.22. The van der Waals surface area contributed by atoms with E-state index in [1.807, 2.05) is 84.9 Å². The molecular weight excluding hydrogens is 2270 g/mol. The summed E-state index contributed by atoms with van der Waals surface area (Å²) in [4.78, 5) is 28.1. The van der Waals surface area contributed by atoms with Gasteiger partial charge in [-0.15, -0.1) is 0 Å². The molecule has 0 bridgehead atoms. The molecule has 0 spiro atoms. The third-order valence-electron chi connectivity index (χ3n) is 7.23. The number of aromatic nitrogens is 21. The fraction of sp³-hybridized carbons (Fsp3) is 0.0930. The Morgan fingerprint density at radius 3 is 0.380 bits per heavy atom. The molecule has 0 atom stereocenters. The SMILES string of the molecule is CC#N.CC#N.CC#N.CC#N.F[P-](F)(F)(F)(F)F.F[P-](F)(F)(F)(F)F.F[P-](F)(F)(F)(F)F.F[P-](F)(F)(F)(F)F.O.[Cu+].[Cu+].[Cu+].[Cu+].c1cnc2n[se]nc2c1.c1cnc2n[se]nc2c1.c1cnc2n[se]nc2c1.c1cnc2n[se]nc2c1.c1cnc2n[se]nc2c1.c1cnc2n[se]nc2c1.c1cnc2n[se]nc2c1. The second-order valence-electron chi connectivity index (χ2n) is 16.0. The molecule has 0 aliphatic carbocycles. The first-order valence-electron chi connectivity index (χ1n) is 24.4. The number of hydrogen-bond donors (Lipinski definition) is 0. The van der Waals surface area contributed by atoms with E-state index in [2.05, 4.69) is 90.6 Å². The van der Waals surface area contributed by atoms with Crippen LogP contribution in [0.5, 0.6) is 0 Å². The van der Waals surface area contributed by atoms with Gasteiger partial charge in [-0.1, -0.05) is 0 Å². The van der Waals surface area contributed by atoms with Crippen molar-refractivity contribution in [3.63, 3.8) is 0 Å². The van der Waals surface area contributed by atoms with E-state index in [1.54, 1.807) is 67.7 Å². The summed E-state index contributed by atoms with van der Waals surface area (Å²) in [6.07, 6.45) is 12.1. The van der Waals surface area contributed by atoms with Crippen molar-refractivity contribution in [2.24, 2.45) is 0 Å². The van der Waals surface area contributed by atoms with Crippen LogP contribution in [0, 0.1) is 45.3 Å². The van der Waals surface area contributed by atoms with Crippen LogP contribution in [0.25, 0.3) is 78.1 Å². The third-order valence-corrected chi connectivity index (χ3v) is 15.1. The monoisotopic (exact) mass is 2310 g/mol. The number of halogens is 24. The van der Waals surface area contributed by atoms with Crippen LogP contribution in [0.15, 0.2) is 128 Å². The van der Waals surface area contributed by atoms with E-state index < -0.39 is 31.2 Å². The molecule has 0 fully saturated rings. The maximum absolute atomic E-state index is 10.7. The fourth-order valence-corrected chi connectivity index (χ4v) is 11.6. The van der Waals surface area contributed by atoms with Gasteiger partial charge in [0.25, 0.3) is 0 Å². The molecule has 0 radical (unpaired) electrons. The normalized spacial score (nSPS) is 12.3. The third kappa shape index (κ3) is 77.6.